The van der Waals surface area contributed by atoms with Crippen molar-refractivity contribution in [1.29, 1.82) is 0 Å². The first-order valence-corrected chi connectivity index (χ1v) is 13.7. The number of carbonyl (C=O) groups is 1. The number of benzene rings is 2. The number of nitrogens with zero attached hydrogens (tertiary/aromatic N) is 2. The highest BCUT2D eigenvalue weighted by molar-refractivity contribution is 7.92. The Morgan fingerprint density at radius 1 is 1.09 bits per heavy atom. The zero-order valence-corrected chi connectivity index (χ0v) is 21.5. The van der Waals surface area contributed by atoms with E-state index < -0.39 is 10.0 Å². The van der Waals surface area contributed by atoms with E-state index in [1.807, 2.05) is 49.1 Å². The Kier molecular flexibility index (Phi) is 7.06. The normalized spacial score (nSPS) is 17.8. The summed E-state index contributed by atoms with van der Waals surface area (Å²) in [5.74, 6) is 0.193. The molecule has 2 aromatic rings. The summed E-state index contributed by atoms with van der Waals surface area (Å²) < 4.78 is 34.5. The SMILES string of the molecule is CCc1ccc(N(CC(C)C)S(=O)(=O)c2ccc3c(c2)CC(=O)N3CC2(C)CCOCC2)cc1. The second-order valence-electron chi connectivity index (χ2n) is 10.3. The zero-order chi connectivity index (χ0) is 24.5. The van der Waals surface area contributed by atoms with Crippen LogP contribution in [0.5, 0.6) is 0 Å². The summed E-state index contributed by atoms with van der Waals surface area (Å²) in [6.45, 7) is 10.8. The van der Waals surface area contributed by atoms with Crippen LogP contribution in [0.25, 0.3) is 0 Å². The van der Waals surface area contributed by atoms with Gasteiger partial charge in [-0.1, -0.05) is 39.8 Å². The van der Waals surface area contributed by atoms with Gasteiger partial charge in [0.25, 0.3) is 10.0 Å². The van der Waals surface area contributed by atoms with Crippen molar-refractivity contribution in [2.45, 2.75) is 58.3 Å². The Hall–Kier alpha value is -2.38. The Morgan fingerprint density at radius 3 is 2.38 bits per heavy atom. The molecule has 4 rings (SSSR count). The standard InChI is InChI=1S/C27H36N2O4S/c1-5-21-6-8-23(9-7-21)29(18-20(2)3)34(31,32)24-10-11-25-22(16-24)17-26(30)28(25)19-27(4)12-14-33-15-13-27/h6-11,16,20H,5,12-15,17-19H2,1-4H3. The molecule has 2 aliphatic heterocycles. The molecule has 2 aromatic carbocycles. The van der Waals surface area contributed by atoms with Crippen LogP contribution < -0.4 is 9.21 Å². The molecule has 7 heteroatoms. The van der Waals surface area contributed by atoms with Crippen LogP contribution >= 0.6 is 0 Å². The van der Waals surface area contributed by atoms with E-state index in [0.29, 0.717) is 32.0 Å². The molecule has 0 saturated carbocycles. The smallest absolute Gasteiger partial charge is 0.264 e. The van der Waals surface area contributed by atoms with Gasteiger partial charge < -0.3 is 9.64 Å². The second-order valence-corrected chi connectivity index (χ2v) is 12.2. The maximum atomic E-state index is 13.8. The molecule has 0 radical (unpaired) electrons. The van der Waals surface area contributed by atoms with Gasteiger partial charge in [-0.25, -0.2) is 8.42 Å². The number of sulfonamides is 1. The maximum Gasteiger partial charge on any atom is 0.264 e. The van der Waals surface area contributed by atoms with Gasteiger partial charge in [0.2, 0.25) is 5.91 Å². The number of hydrogen-bond acceptors (Lipinski definition) is 4. The van der Waals surface area contributed by atoms with E-state index >= 15 is 0 Å². The summed E-state index contributed by atoms with van der Waals surface area (Å²) in [6, 6.07) is 12.9. The lowest BCUT2D eigenvalue weighted by Crippen LogP contribution is -2.41. The fourth-order valence-electron chi connectivity index (χ4n) is 4.80. The molecule has 0 N–H and O–H groups in total. The van der Waals surface area contributed by atoms with Gasteiger partial charge in [0.05, 0.1) is 17.0 Å². The van der Waals surface area contributed by atoms with Crippen molar-refractivity contribution in [3.8, 4) is 0 Å². The lowest BCUT2D eigenvalue weighted by Gasteiger charge is -2.37. The first-order valence-electron chi connectivity index (χ1n) is 12.3. The summed E-state index contributed by atoms with van der Waals surface area (Å²) in [5, 5.41) is 0. The van der Waals surface area contributed by atoms with Gasteiger partial charge in [0, 0.05) is 32.0 Å². The van der Waals surface area contributed by atoms with E-state index in [4.69, 9.17) is 4.74 Å². The van der Waals surface area contributed by atoms with Gasteiger partial charge in [-0.05, 0) is 72.1 Å². The fourth-order valence-corrected chi connectivity index (χ4v) is 6.48. The largest absolute Gasteiger partial charge is 0.381 e. The van der Waals surface area contributed by atoms with Crippen molar-refractivity contribution in [3.63, 3.8) is 0 Å². The van der Waals surface area contributed by atoms with Gasteiger partial charge >= 0.3 is 0 Å². The molecule has 184 valence electrons. The molecule has 0 aliphatic carbocycles. The first-order chi connectivity index (χ1) is 16.1. The Balaban J connectivity index is 1.64. The van der Waals surface area contributed by atoms with E-state index in [1.54, 1.807) is 12.1 Å². The molecule has 0 bridgehead atoms. The van der Waals surface area contributed by atoms with Gasteiger partial charge in [-0.2, -0.15) is 0 Å². The van der Waals surface area contributed by atoms with Crippen molar-refractivity contribution >= 4 is 27.3 Å². The van der Waals surface area contributed by atoms with E-state index in [1.165, 1.54) is 9.87 Å². The number of carbonyl (C=O) groups excluding carboxylic acids is 1. The first kappa shape index (κ1) is 24.7. The van der Waals surface area contributed by atoms with Crippen molar-refractivity contribution in [2.24, 2.45) is 11.3 Å². The van der Waals surface area contributed by atoms with Gasteiger partial charge in [-0.3, -0.25) is 9.10 Å². The molecule has 1 saturated heterocycles. The third-order valence-corrected chi connectivity index (χ3v) is 8.77. The Bertz CT molecular complexity index is 1140. The van der Waals surface area contributed by atoms with E-state index in [2.05, 4.69) is 13.8 Å². The van der Waals surface area contributed by atoms with Crippen molar-refractivity contribution < 1.29 is 17.9 Å². The van der Waals surface area contributed by atoms with Crippen LogP contribution in [-0.2, 0) is 32.4 Å². The summed E-state index contributed by atoms with van der Waals surface area (Å²) in [7, 11) is -3.78. The fraction of sp³-hybridized carbons (Fsp3) is 0.519. The molecule has 34 heavy (non-hydrogen) atoms. The third-order valence-electron chi connectivity index (χ3n) is 6.98. The monoisotopic (exact) mass is 484 g/mol. The molecular weight excluding hydrogens is 448 g/mol. The molecule has 6 nitrogen and oxygen atoms in total. The summed E-state index contributed by atoms with van der Waals surface area (Å²) >= 11 is 0. The van der Waals surface area contributed by atoms with Crippen LogP contribution in [0.2, 0.25) is 0 Å². The molecule has 0 aromatic heterocycles. The number of amides is 1. The molecule has 2 heterocycles. The van der Waals surface area contributed by atoms with Gasteiger partial charge in [0.15, 0.2) is 0 Å². The van der Waals surface area contributed by atoms with Crippen LogP contribution in [-0.4, -0.2) is 40.6 Å². The van der Waals surface area contributed by atoms with E-state index in [0.717, 1.165) is 30.5 Å². The van der Waals surface area contributed by atoms with Gasteiger partial charge in [0.1, 0.15) is 0 Å². The number of rotatable bonds is 8. The van der Waals surface area contributed by atoms with Crippen molar-refractivity contribution in [2.75, 3.05) is 35.5 Å². The lowest BCUT2D eigenvalue weighted by atomic mass is 9.82. The highest BCUT2D eigenvalue weighted by Gasteiger charge is 2.37. The molecule has 0 atom stereocenters. The van der Waals surface area contributed by atoms with Crippen molar-refractivity contribution in [1.82, 2.24) is 0 Å². The topological polar surface area (TPSA) is 66.9 Å². The molecule has 2 aliphatic rings. The van der Waals surface area contributed by atoms with E-state index in [9.17, 15) is 13.2 Å². The average molecular weight is 485 g/mol. The quantitative estimate of drug-likeness (QED) is 0.540. The number of aryl methyl sites for hydroxylation is 1. The third kappa shape index (κ3) is 5.01. The lowest BCUT2D eigenvalue weighted by molar-refractivity contribution is -0.118. The Morgan fingerprint density at radius 2 is 1.76 bits per heavy atom. The summed E-state index contributed by atoms with van der Waals surface area (Å²) in [6.07, 6.45) is 2.97. The minimum atomic E-state index is -3.78. The second kappa shape index (κ2) is 9.70. The maximum absolute atomic E-state index is 13.8. The van der Waals surface area contributed by atoms with Crippen molar-refractivity contribution in [3.05, 3.63) is 53.6 Å². The molecule has 1 fully saturated rings. The van der Waals surface area contributed by atoms with Crippen LogP contribution in [0.3, 0.4) is 0 Å². The van der Waals surface area contributed by atoms with Crippen LogP contribution in [0.1, 0.15) is 51.7 Å². The summed E-state index contributed by atoms with van der Waals surface area (Å²) in [4.78, 5) is 15.0. The average Bonchev–Trinajstić information content (AvgIpc) is 3.11. The number of ether oxygens (including phenoxy) is 1. The molecular formula is C27H36N2O4S. The van der Waals surface area contributed by atoms with Crippen LogP contribution in [0.15, 0.2) is 47.4 Å². The predicted molar refractivity (Wildman–Crippen MR) is 136 cm³/mol. The number of fused-ring (bicyclic) bond motifs is 1. The van der Waals surface area contributed by atoms with Crippen LogP contribution in [0, 0.1) is 11.3 Å². The molecule has 1 amide bonds. The number of hydrogen-bond donors (Lipinski definition) is 0. The zero-order valence-electron chi connectivity index (χ0n) is 20.7. The minimum absolute atomic E-state index is 0.0129. The minimum Gasteiger partial charge on any atom is -0.381 e. The summed E-state index contributed by atoms with van der Waals surface area (Å²) in [5.41, 5.74) is 3.46. The Labute approximate surface area is 204 Å². The van der Waals surface area contributed by atoms with Crippen LogP contribution in [0.4, 0.5) is 11.4 Å². The highest BCUT2D eigenvalue weighted by atomic mass is 32.2. The van der Waals surface area contributed by atoms with E-state index in [-0.39, 0.29) is 28.6 Å². The highest BCUT2D eigenvalue weighted by Crippen LogP contribution is 2.38. The van der Waals surface area contributed by atoms with Gasteiger partial charge in [-0.15, -0.1) is 0 Å². The molecule has 0 unspecified atom stereocenters. The predicted octanol–water partition coefficient (Wildman–Crippen LogP) is 4.81. The molecule has 0 spiro atoms. The number of anilines is 2.